The number of rotatable bonds is 4. The van der Waals surface area contributed by atoms with Crippen LogP contribution >= 0.6 is 0 Å². The predicted molar refractivity (Wildman–Crippen MR) is 74.3 cm³/mol. The Hall–Kier alpha value is -1.76. The zero-order valence-electron chi connectivity index (χ0n) is 10.5. The molecule has 0 atom stereocenters. The average molecular weight is 225 g/mol. The summed E-state index contributed by atoms with van der Waals surface area (Å²) in [6, 6.07) is 17.1. The van der Waals surface area contributed by atoms with Crippen LogP contribution in [0.4, 0.5) is 5.69 Å². The molecule has 0 bridgehead atoms. The molecule has 1 nitrogen and oxygen atoms in total. The lowest BCUT2D eigenvalue weighted by molar-refractivity contribution is 1.04. The molecule has 88 valence electrons. The van der Waals surface area contributed by atoms with E-state index in [1.54, 1.807) is 0 Å². The molecule has 0 aliphatic heterocycles. The zero-order chi connectivity index (χ0) is 12.1. The molecule has 0 aliphatic rings. The predicted octanol–water partition coefficient (Wildman–Crippen LogP) is 4.17. The Morgan fingerprint density at radius 3 is 2.18 bits per heavy atom. The quantitative estimate of drug-likeness (QED) is 0.823. The van der Waals surface area contributed by atoms with Gasteiger partial charge in [-0.1, -0.05) is 48.9 Å². The highest BCUT2D eigenvalue weighted by atomic mass is 14.9. The van der Waals surface area contributed by atoms with Crippen molar-refractivity contribution in [1.29, 1.82) is 0 Å². The number of anilines is 1. The van der Waals surface area contributed by atoms with Crippen LogP contribution < -0.4 is 5.32 Å². The van der Waals surface area contributed by atoms with Crippen molar-refractivity contribution in [1.82, 2.24) is 0 Å². The first-order valence-electron chi connectivity index (χ1n) is 6.17. The van der Waals surface area contributed by atoms with Gasteiger partial charge in [-0.05, 0) is 36.6 Å². The fraction of sp³-hybridized carbons (Fsp3) is 0.250. The van der Waals surface area contributed by atoms with E-state index in [1.807, 2.05) is 0 Å². The van der Waals surface area contributed by atoms with Gasteiger partial charge in [0, 0.05) is 12.2 Å². The van der Waals surface area contributed by atoms with Gasteiger partial charge < -0.3 is 5.32 Å². The van der Waals surface area contributed by atoms with E-state index in [2.05, 4.69) is 67.7 Å². The Bertz CT molecular complexity index is 471. The fourth-order valence-electron chi connectivity index (χ4n) is 1.94. The first kappa shape index (κ1) is 11.7. The number of nitrogens with one attached hydrogen (secondary N) is 1. The van der Waals surface area contributed by atoms with Crippen LogP contribution in [0, 0.1) is 6.92 Å². The maximum atomic E-state index is 3.46. The van der Waals surface area contributed by atoms with E-state index in [0.717, 1.165) is 13.0 Å². The summed E-state index contributed by atoms with van der Waals surface area (Å²) in [7, 11) is 0. The third-order valence-electron chi connectivity index (χ3n) is 3.03. The Balaban J connectivity index is 2.04. The lowest BCUT2D eigenvalue weighted by atomic mass is 10.1. The summed E-state index contributed by atoms with van der Waals surface area (Å²) in [6.45, 7) is 5.20. The molecule has 2 aromatic carbocycles. The molecule has 17 heavy (non-hydrogen) atoms. The molecule has 0 aliphatic carbocycles. The van der Waals surface area contributed by atoms with Crippen LogP contribution in [0.25, 0.3) is 0 Å². The van der Waals surface area contributed by atoms with Gasteiger partial charge >= 0.3 is 0 Å². The molecule has 0 heterocycles. The van der Waals surface area contributed by atoms with E-state index in [1.165, 1.54) is 22.4 Å². The minimum atomic E-state index is 0.896. The summed E-state index contributed by atoms with van der Waals surface area (Å²) >= 11 is 0. The molecule has 0 saturated heterocycles. The molecule has 0 unspecified atom stereocenters. The number of benzene rings is 2. The van der Waals surface area contributed by atoms with Crippen molar-refractivity contribution in [3.63, 3.8) is 0 Å². The lowest BCUT2D eigenvalue weighted by Crippen LogP contribution is -2.02. The molecule has 0 aromatic heterocycles. The smallest absolute Gasteiger partial charge is 0.0403 e. The highest BCUT2D eigenvalue weighted by molar-refractivity contribution is 5.45. The van der Waals surface area contributed by atoms with Crippen LogP contribution in [0.3, 0.4) is 0 Å². The fourth-order valence-corrected chi connectivity index (χ4v) is 1.94. The van der Waals surface area contributed by atoms with Crippen LogP contribution in [0.1, 0.15) is 23.6 Å². The average Bonchev–Trinajstić information content (AvgIpc) is 2.38. The molecule has 1 N–H and O–H groups in total. The third-order valence-corrected chi connectivity index (χ3v) is 3.03. The molecule has 0 radical (unpaired) electrons. The Morgan fingerprint density at radius 2 is 1.53 bits per heavy atom. The first-order chi connectivity index (χ1) is 8.29. The minimum Gasteiger partial charge on any atom is -0.381 e. The second-order valence-corrected chi connectivity index (χ2v) is 4.34. The van der Waals surface area contributed by atoms with Crippen molar-refractivity contribution < 1.29 is 0 Å². The van der Waals surface area contributed by atoms with Crippen LogP contribution in [-0.4, -0.2) is 0 Å². The summed E-state index contributed by atoms with van der Waals surface area (Å²) < 4.78 is 0. The second-order valence-electron chi connectivity index (χ2n) is 4.34. The number of hydrogen-bond acceptors (Lipinski definition) is 1. The summed E-state index contributed by atoms with van der Waals surface area (Å²) in [5, 5.41) is 3.46. The number of hydrogen-bond donors (Lipinski definition) is 1. The summed E-state index contributed by atoms with van der Waals surface area (Å²) in [5.74, 6) is 0. The zero-order valence-corrected chi connectivity index (χ0v) is 10.5. The maximum Gasteiger partial charge on any atom is 0.0403 e. The lowest BCUT2D eigenvalue weighted by Gasteiger charge is -2.10. The SMILES string of the molecule is CCc1ccccc1CNc1ccc(C)cc1. The summed E-state index contributed by atoms with van der Waals surface area (Å²) in [5.41, 5.74) is 5.29. The van der Waals surface area contributed by atoms with E-state index >= 15 is 0 Å². The Kier molecular flexibility index (Phi) is 3.81. The van der Waals surface area contributed by atoms with E-state index in [-0.39, 0.29) is 0 Å². The molecule has 0 saturated carbocycles. The third kappa shape index (κ3) is 3.10. The van der Waals surface area contributed by atoms with Crippen LogP contribution in [0.5, 0.6) is 0 Å². The van der Waals surface area contributed by atoms with Crippen molar-refractivity contribution in [2.45, 2.75) is 26.8 Å². The van der Waals surface area contributed by atoms with Gasteiger partial charge in [-0.15, -0.1) is 0 Å². The maximum absolute atomic E-state index is 3.46. The molecular weight excluding hydrogens is 206 g/mol. The molecule has 2 rings (SSSR count). The topological polar surface area (TPSA) is 12.0 Å². The molecule has 2 aromatic rings. The Morgan fingerprint density at radius 1 is 0.882 bits per heavy atom. The molecule has 0 spiro atoms. The van der Waals surface area contributed by atoms with E-state index in [4.69, 9.17) is 0 Å². The van der Waals surface area contributed by atoms with E-state index in [9.17, 15) is 0 Å². The highest BCUT2D eigenvalue weighted by Gasteiger charge is 1.99. The Labute approximate surface area is 103 Å². The van der Waals surface area contributed by atoms with Crippen molar-refractivity contribution in [2.75, 3.05) is 5.32 Å². The minimum absolute atomic E-state index is 0.896. The monoisotopic (exact) mass is 225 g/mol. The normalized spacial score (nSPS) is 10.2. The highest BCUT2D eigenvalue weighted by Crippen LogP contribution is 2.13. The van der Waals surface area contributed by atoms with Crippen molar-refractivity contribution in [2.24, 2.45) is 0 Å². The van der Waals surface area contributed by atoms with Gasteiger partial charge in [-0.3, -0.25) is 0 Å². The van der Waals surface area contributed by atoms with E-state index < -0.39 is 0 Å². The van der Waals surface area contributed by atoms with Crippen LogP contribution in [0.2, 0.25) is 0 Å². The van der Waals surface area contributed by atoms with Crippen molar-refractivity contribution in [3.8, 4) is 0 Å². The molecule has 1 heteroatoms. The summed E-state index contributed by atoms with van der Waals surface area (Å²) in [6.07, 6.45) is 1.09. The van der Waals surface area contributed by atoms with Gasteiger partial charge in [0.05, 0.1) is 0 Å². The van der Waals surface area contributed by atoms with Gasteiger partial charge in [0.25, 0.3) is 0 Å². The standard InChI is InChI=1S/C16H19N/c1-3-14-6-4-5-7-15(14)12-17-16-10-8-13(2)9-11-16/h4-11,17H,3,12H2,1-2H3. The summed E-state index contributed by atoms with van der Waals surface area (Å²) in [4.78, 5) is 0. The van der Waals surface area contributed by atoms with Crippen LogP contribution in [-0.2, 0) is 13.0 Å². The largest absolute Gasteiger partial charge is 0.381 e. The van der Waals surface area contributed by atoms with Gasteiger partial charge in [-0.25, -0.2) is 0 Å². The van der Waals surface area contributed by atoms with Crippen molar-refractivity contribution in [3.05, 3.63) is 65.2 Å². The second kappa shape index (κ2) is 5.53. The van der Waals surface area contributed by atoms with Crippen LogP contribution in [0.15, 0.2) is 48.5 Å². The molecule has 0 amide bonds. The van der Waals surface area contributed by atoms with Gasteiger partial charge in [0.2, 0.25) is 0 Å². The van der Waals surface area contributed by atoms with E-state index in [0.29, 0.717) is 0 Å². The molecule has 0 fully saturated rings. The van der Waals surface area contributed by atoms with Gasteiger partial charge in [0.15, 0.2) is 0 Å². The molecular formula is C16H19N. The first-order valence-corrected chi connectivity index (χ1v) is 6.17. The number of aryl methyl sites for hydroxylation is 2. The van der Waals surface area contributed by atoms with Gasteiger partial charge in [0.1, 0.15) is 0 Å². The van der Waals surface area contributed by atoms with Crippen molar-refractivity contribution >= 4 is 5.69 Å². The van der Waals surface area contributed by atoms with Gasteiger partial charge in [-0.2, -0.15) is 0 Å².